The number of pyridine rings is 1. The number of carbonyl (C=O) groups excluding carboxylic acids is 2. The van der Waals surface area contributed by atoms with E-state index in [9.17, 15) is 9.59 Å². The Kier molecular flexibility index (Phi) is 5.94. The lowest BCUT2D eigenvalue weighted by Gasteiger charge is -2.34. The molecule has 33 heavy (non-hydrogen) atoms. The molecule has 2 aromatic carbocycles. The number of rotatable bonds is 5. The van der Waals surface area contributed by atoms with Gasteiger partial charge >= 0.3 is 0 Å². The normalized spacial score (nSPS) is 14.5. The molecule has 0 aliphatic carbocycles. The Hall–Kier alpha value is -3.48. The Bertz CT molecular complexity index is 1270. The van der Waals surface area contributed by atoms with Gasteiger partial charge in [0.25, 0.3) is 5.91 Å². The predicted octanol–water partition coefficient (Wildman–Crippen LogP) is 4.18. The summed E-state index contributed by atoms with van der Waals surface area (Å²) >= 11 is 5.95. The number of fused-ring (bicyclic) bond motifs is 1. The maximum atomic E-state index is 13.3. The van der Waals surface area contributed by atoms with Gasteiger partial charge in [-0.05, 0) is 42.5 Å². The molecule has 3 heterocycles. The Labute approximate surface area is 197 Å². The first-order valence-corrected chi connectivity index (χ1v) is 11.3. The standard InChI is InChI=1S/C26H23ClN4O2/c27-20-10-8-19(9-11-20)25(32)22-5-1-2-6-23(22)26(33)30-15-13-29(14-16-30)17-21-18-31-12-4-3-7-24(31)28-21/h1-12,18H,13-17H2. The third-order valence-corrected chi connectivity index (χ3v) is 6.22. The first-order chi connectivity index (χ1) is 16.1. The van der Waals surface area contributed by atoms with E-state index >= 15 is 0 Å². The van der Waals surface area contributed by atoms with E-state index in [2.05, 4.69) is 9.88 Å². The van der Waals surface area contributed by atoms with Crippen molar-refractivity contribution in [3.8, 4) is 0 Å². The van der Waals surface area contributed by atoms with Gasteiger partial charge in [-0.25, -0.2) is 4.98 Å². The molecule has 4 aromatic rings. The number of carbonyl (C=O) groups is 2. The SMILES string of the molecule is O=C(c1ccc(Cl)cc1)c1ccccc1C(=O)N1CCN(Cc2cn3ccccc3n2)CC1. The molecule has 0 N–H and O–H groups in total. The monoisotopic (exact) mass is 458 g/mol. The van der Waals surface area contributed by atoms with Crippen LogP contribution in [0.15, 0.2) is 79.1 Å². The number of nitrogens with zero attached hydrogens (tertiary/aromatic N) is 4. The zero-order chi connectivity index (χ0) is 22.8. The molecule has 1 amide bonds. The van der Waals surface area contributed by atoms with E-state index in [1.807, 2.05) is 39.9 Å². The molecule has 0 radical (unpaired) electrons. The quantitative estimate of drug-likeness (QED) is 0.421. The van der Waals surface area contributed by atoms with E-state index in [-0.39, 0.29) is 11.7 Å². The summed E-state index contributed by atoms with van der Waals surface area (Å²) in [5, 5.41) is 0.567. The van der Waals surface area contributed by atoms with Crippen LogP contribution in [0.5, 0.6) is 0 Å². The van der Waals surface area contributed by atoms with Gasteiger partial charge in [0.15, 0.2) is 5.78 Å². The van der Waals surface area contributed by atoms with Crippen molar-refractivity contribution in [3.63, 3.8) is 0 Å². The van der Waals surface area contributed by atoms with Gasteiger partial charge in [-0.1, -0.05) is 35.9 Å². The van der Waals surface area contributed by atoms with Gasteiger partial charge in [-0.3, -0.25) is 14.5 Å². The van der Waals surface area contributed by atoms with E-state index in [1.54, 1.807) is 48.5 Å². The lowest BCUT2D eigenvalue weighted by atomic mass is 9.97. The second-order valence-electron chi connectivity index (χ2n) is 8.15. The lowest BCUT2D eigenvalue weighted by Crippen LogP contribution is -2.48. The van der Waals surface area contributed by atoms with Crippen molar-refractivity contribution in [1.29, 1.82) is 0 Å². The smallest absolute Gasteiger partial charge is 0.254 e. The highest BCUT2D eigenvalue weighted by Crippen LogP contribution is 2.20. The van der Waals surface area contributed by atoms with E-state index in [0.717, 1.165) is 31.0 Å². The average molecular weight is 459 g/mol. The fourth-order valence-electron chi connectivity index (χ4n) is 4.20. The van der Waals surface area contributed by atoms with Gasteiger partial charge in [0.05, 0.1) is 11.3 Å². The molecule has 6 nitrogen and oxygen atoms in total. The fraction of sp³-hybridized carbons (Fsp3) is 0.192. The molecule has 0 bridgehead atoms. The molecule has 0 spiro atoms. The van der Waals surface area contributed by atoms with E-state index in [1.165, 1.54) is 0 Å². The summed E-state index contributed by atoms with van der Waals surface area (Å²) in [7, 11) is 0. The second kappa shape index (κ2) is 9.17. The lowest BCUT2D eigenvalue weighted by molar-refractivity contribution is 0.0624. The fourth-order valence-corrected chi connectivity index (χ4v) is 4.32. The molecule has 1 fully saturated rings. The van der Waals surface area contributed by atoms with Gasteiger partial charge in [-0.15, -0.1) is 0 Å². The highest BCUT2D eigenvalue weighted by Gasteiger charge is 2.26. The van der Waals surface area contributed by atoms with Crippen molar-refractivity contribution in [2.24, 2.45) is 0 Å². The highest BCUT2D eigenvalue weighted by molar-refractivity contribution is 6.30. The van der Waals surface area contributed by atoms with Crippen LogP contribution in [0.3, 0.4) is 0 Å². The summed E-state index contributed by atoms with van der Waals surface area (Å²) in [5.74, 6) is -0.290. The van der Waals surface area contributed by atoms with Crippen molar-refractivity contribution < 1.29 is 9.59 Å². The molecule has 1 aliphatic heterocycles. The molecule has 7 heteroatoms. The molecule has 0 saturated carbocycles. The van der Waals surface area contributed by atoms with Crippen LogP contribution in [0.4, 0.5) is 0 Å². The molecular weight excluding hydrogens is 436 g/mol. The minimum Gasteiger partial charge on any atom is -0.336 e. The number of hydrogen-bond donors (Lipinski definition) is 0. The van der Waals surface area contributed by atoms with Gasteiger partial charge in [0.2, 0.25) is 0 Å². The highest BCUT2D eigenvalue weighted by atomic mass is 35.5. The molecule has 0 unspecified atom stereocenters. The maximum absolute atomic E-state index is 13.3. The Morgan fingerprint density at radius 1 is 0.848 bits per heavy atom. The summed E-state index contributed by atoms with van der Waals surface area (Å²) < 4.78 is 2.02. The summed E-state index contributed by atoms with van der Waals surface area (Å²) in [6, 6.07) is 19.7. The van der Waals surface area contributed by atoms with E-state index in [4.69, 9.17) is 11.6 Å². The van der Waals surface area contributed by atoms with Crippen LogP contribution >= 0.6 is 11.6 Å². The van der Waals surface area contributed by atoms with Crippen molar-refractivity contribution in [1.82, 2.24) is 19.2 Å². The van der Waals surface area contributed by atoms with Crippen LogP contribution in [-0.2, 0) is 6.54 Å². The Balaban J connectivity index is 1.26. The van der Waals surface area contributed by atoms with Crippen LogP contribution in [0.1, 0.15) is 32.0 Å². The molecular formula is C26H23ClN4O2. The topological polar surface area (TPSA) is 57.9 Å². The molecule has 2 aromatic heterocycles. The minimum atomic E-state index is -0.180. The number of ketones is 1. The first kappa shape index (κ1) is 21.4. The van der Waals surface area contributed by atoms with Crippen LogP contribution in [0.25, 0.3) is 5.65 Å². The van der Waals surface area contributed by atoms with Crippen molar-refractivity contribution >= 4 is 28.9 Å². The molecule has 166 valence electrons. The average Bonchev–Trinajstić information content (AvgIpc) is 3.26. The van der Waals surface area contributed by atoms with Gasteiger partial charge < -0.3 is 9.30 Å². The summed E-state index contributed by atoms with van der Waals surface area (Å²) in [4.78, 5) is 35.2. The maximum Gasteiger partial charge on any atom is 0.254 e. The summed E-state index contributed by atoms with van der Waals surface area (Å²) in [5.41, 5.74) is 3.31. The zero-order valence-corrected chi connectivity index (χ0v) is 18.8. The zero-order valence-electron chi connectivity index (χ0n) is 18.0. The number of benzene rings is 2. The molecule has 1 aliphatic rings. The minimum absolute atomic E-state index is 0.111. The number of amides is 1. The number of hydrogen-bond acceptors (Lipinski definition) is 4. The van der Waals surface area contributed by atoms with Crippen LogP contribution in [0, 0.1) is 0 Å². The van der Waals surface area contributed by atoms with E-state index < -0.39 is 0 Å². The van der Waals surface area contributed by atoms with Gasteiger partial charge in [0.1, 0.15) is 5.65 Å². The predicted molar refractivity (Wildman–Crippen MR) is 128 cm³/mol. The Morgan fingerprint density at radius 3 is 2.27 bits per heavy atom. The van der Waals surface area contributed by atoms with Gasteiger partial charge in [-0.2, -0.15) is 0 Å². The number of aromatic nitrogens is 2. The Morgan fingerprint density at radius 2 is 1.55 bits per heavy atom. The largest absolute Gasteiger partial charge is 0.336 e. The van der Waals surface area contributed by atoms with Crippen molar-refractivity contribution in [2.75, 3.05) is 26.2 Å². The summed E-state index contributed by atoms with van der Waals surface area (Å²) in [6.45, 7) is 3.47. The van der Waals surface area contributed by atoms with E-state index in [0.29, 0.717) is 34.8 Å². The van der Waals surface area contributed by atoms with Gasteiger partial charge in [0, 0.05) is 61.3 Å². The van der Waals surface area contributed by atoms with Crippen LogP contribution in [-0.4, -0.2) is 57.1 Å². The molecule has 1 saturated heterocycles. The van der Waals surface area contributed by atoms with Crippen LogP contribution in [0.2, 0.25) is 5.02 Å². The molecule has 0 atom stereocenters. The first-order valence-electron chi connectivity index (χ1n) is 10.9. The van der Waals surface area contributed by atoms with Crippen molar-refractivity contribution in [3.05, 3.63) is 107 Å². The summed E-state index contributed by atoms with van der Waals surface area (Å²) in [6.07, 6.45) is 4.04. The van der Waals surface area contributed by atoms with Crippen molar-refractivity contribution in [2.45, 2.75) is 6.54 Å². The van der Waals surface area contributed by atoms with Crippen LogP contribution < -0.4 is 0 Å². The number of halogens is 1. The number of piperazine rings is 1. The number of imidazole rings is 1. The third-order valence-electron chi connectivity index (χ3n) is 5.97. The second-order valence-corrected chi connectivity index (χ2v) is 8.58. The molecule has 5 rings (SSSR count). The third kappa shape index (κ3) is 4.53.